The third kappa shape index (κ3) is 3.59. The number of carbonyl (C=O) groups excluding carboxylic acids is 2. The van der Waals surface area contributed by atoms with Crippen molar-refractivity contribution < 1.29 is 23.8 Å². The summed E-state index contributed by atoms with van der Waals surface area (Å²) < 4.78 is 18.9. The number of rotatable bonds is 6. The first-order valence-electron chi connectivity index (χ1n) is 9.57. The van der Waals surface area contributed by atoms with Gasteiger partial charge in [0, 0.05) is 0 Å². The molecular formula is C23H21FN2O4. The zero-order chi connectivity index (χ0) is 21.3. The van der Waals surface area contributed by atoms with Gasteiger partial charge >= 0.3 is 6.03 Å². The van der Waals surface area contributed by atoms with Gasteiger partial charge < -0.3 is 15.2 Å². The summed E-state index contributed by atoms with van der Waals surface area (Å²) in [5.74, 6) is -1.02. The Bertz CT molecular complexity index is 1120. The number of hydrogen-bond acceptors (Lipinski definition) is 4. The van der Waals surface area contributed by atoms with Crippen LogP contribution in [0.25, 0.3) is 10.8 Å². The summed E-state index contributed by atoms with van der Waals surface area (Å²) >= 11 is 0. The van der Waals surface area contributed by atoms with E-state index in [1.807, 2.05) is 42.5 Å². The number of urea groups is 1. The van der Waals surface area contributed by atoms with Crippen molar-refractivity contribution in [3.63, 3.8) is 0 Å². The van der Waals surface area contributed by atoms with Crippen LogP contribution in [-0.2, 0) is 10.3 Å². The van der Waals surface area contributed by atoms with Gasteiger partial charge in [-0.1, -0.05) is 48.5 Å². The first-order chi connectivity index (χ1) is 14.4. The molecule has 0 spiro atoms. The molecule has 154 valence electrons. The molecule has 0 radical (unpaired) electrons. The van der Waals surface area contributed by atoms with E-state index >= 15 is 0 Å². The van der Waals surface area contributed by atoms with Crippen molar-refractivity contribution in [2.45, 2.75) is 18.6 Å². The molecular weight excluding hydrogens is 387 g/mol. The van der Waals surface area contributed by atoms with Crippen LogP contribution in [0.4, 0.5) is 9.18 Å². The number of fused-ring (bicyclic) bond motifs is 1. The number of ether oxygens (including phenoxy) is 1. The zero-order valence-electron chi connectivity index (χ0n) is 16.3. The van der Waals surface area contributed by atoms with Gasteiger partial charge in [0.1, 0.15) is 18.2 Å². The van der Waals surface area contributed by atoms with Crippen LogP contribution in [0, 0.1) is 5.82 Å². The number of aliphatic hydroxyl groups excluding tert-OH is 1. The van der Waals surface area contributed by atoms with Gasteiger partial charge in [0.2, 0.25) is 0 Å². The van der Waals surface area contributed by atoms with Gasteiger partial charge in [-0.05, 0) is 41.5 Å². The Hall–Kier alpha value is -3.45. The van der Waals surface area contributed by atoms with Crippen molar-refractivity contribution in [3.05, 3.63) is 78.1 Å². The Labute approximate surface area is 172 Å². The number of imide groups is 1. The van der Waals surface area contributed by atoms with E-state index in [1.165, 1.54) is 18.2 Å². The minimum absolute atomic E-state index is 0.00486. The number of carbonyl (C=O) groups is 2. The van der Waals surface area contributed by atoms with Crippen LogP contribution in [0.2, 0.25) is 0 Å². The average molecular weight is 408 g/mol. The van der Waals surface area contributed by atoms with Crippen molar-refractivity contribution >= 4 is 22.7 Å². The molecule has 1 aliphatic rings. The van der Waals surface area contributed by atoms with Crippen molar-refractivity contribution in [3.8, 4) is 5.75 Å². The normalized spacial score (nSPS) is 19.8. The van der Waals surface area contributed by atoms with Gasteiger partial charge in [-0.3, -0.25) is 9.69 Å². The monoisotopic (exact) mass is 408 g/mol. The van der Waals surface area contributed by atoms with Crippen molar-refractivity contribution in [2.75, 3.05) is 13.2 Å². The summed E-state index contributed by atoms with van der Waals surface area (Å²) in [6.07, 6.45) is -1.17. The maximum absolute atomic E-state index is 13.6. The lowest BCUT2D eigenvalue weighted by atomic mass is 9.90. The molecule has 1 heterocycles. The molecule has 3 aromatic carbocycles. The van der Waals surface area contributed by atoms with E-state index in [0.29, 0.717) is 5.56 Å². The molecule has 2 N–H and O–H groups in total. The second-order valence-corrected chi connectivity index (χ2v) is 7.43. The van der Waals surface area contributed by atoms with E-state index in [9.17, 15) is 19.1 Å². The number of amides is 3. The number of halogens is 1. The summed E-state index contributed by atoms with van der Waals surface area (Å²) in [5, 5.41) is 15.0. The highest BCUT2D eigenvalue weighted by molar-refractivity contribution is 6.07. The fourth-order valence-corrected chi connectivity index (χ4v) is 3.57. The molecule has 30 heavy (non-hydrogen) atoms. The van der Waals surface area contributed by atoms with Gasteiger partial charge in [-0.25, -0.2) is 9.18 Å². The Morgan fingerprint density at radius 1 is 1.07 bits per heavy atom. The number of benzene rings is 3. The van der Waals surface area contributed by atoms with Gasteiger partial charge in [0.25, 0.3) is 5.91 Å². The van der Waals surface area contributed by atoms with Gasteiger partial charge in [-0.2, -0.15) is 0 Å². The fourth-order valence-electron chi connectivity index (χ4n) is 3.57. The summed E-state index contributed by atoms with van der Waals surface area (Å²) in [6.45, 7) is 1.12. The van der Waals surface area contributed by atoms with Crippen LogP contribution in [0.1, 0.15) is 12.5 Å². The highest BCUT2D eigenvalue weighted by Crippen LogP contribution is 2.31. The van der Waals surface area contributed by atoms with E-state index < -0.39 is 29.4 Å². The van der Waals surface area contributed by atoms with Crippen molar-refractivity contribution in [1.29, 1.82) is 0 Å². The molecule has 0 bridgehead atoms. The van der Waals surface area contributed by atoms with E-state index in [1.54, 1.807) is 13.0 Å². The van der Waals surface area contributed by atoms with Gasteiger partial charge in [0.15, 0.2) is 11.6 Å². The topological polar surface area (TPSA) is 78.9 Å². The molecule has 7 heteroatoms. The number of aliphatic hydroxyl groups is 1. The Morgan fingerprint density at radius 2 is 1.77 bits per heavy atom. The zero-order valence-corrected chi connectivity index (χ0v) is 16.3. The molecule has 0 aromatic heterocycles. The molecule has 0 aliphatic carbocycles. The third-order valence-corrected chi connectivity index (χ3v) is 5.26. The summed E-state index contributed by atoms with van der Waals surface area (Å²) in [7, 11) is 0. The van der Waals surface area contributed by atoms with E-state index in [2.05, 4.69) is 5.32 Å². The number of para-hydroxylation sites is 1. The van der Waals surface area contributed by atoms with Crippen molar-refractivity contribution in [1.82, 2.24) is 10.2 Å². The molecule has 6 nitrogen and oxygen atoms in total. The second kappa shape index (κ2) is 7.76. The minimum atomic E-state index is -1.24. The molecule has 1 saturated heterocycles. The largest absolute Gasteiger partial charge is 0.488 e. The maximum atomic E-state index is 13.6. The molecule has 4 rings (SSSR count). The number of nitrogens with zero attached hydrogens (tertiary/aromatic N) is 1. The number of hydrogen-bond donors (Lipinski definition) is 2. The maximum Gasteiger partial charge on any atom is 0.325 e. The van der Waals surface area contributed by atoms with Crippen LogP contribution in [0.15, 0.2) is 66.7 Å². The first kappa shape index (κ1) is 19.8. The molecule has 3 aromatic rings. The number of nitrogens with one attached hydrogen (secondary N) is 1. The molecule has 0 unspecified atom stereocenters. The molecule has 1 aliphatic heterocycles. The quantitative estimate of drug-likeness (QED) is 0.614. The fraction of sp³-hybridized carbons (Fsp3) is 0.217. The van der Waals surface area contributed by atoms with Crippen LogP contribution in [-0.4, -0.2) is 41.2 Å². The first-order valence-corrected chi connectivity index (χ1v) is 9.57. The highest BCUT2D eigenvalue weighted by Gasteiger charge is 2.49. The second-order valence-electron chi connectivity index (χ2n) is 7.43. The van der Waals surface area contributed by atoms with Crippen LogP contribution >= 0.6 is 0 Å². The molecule has 3 amide bonds. The standard InChI is InChI=1S/C23H21FN2O4/c1-23(17-11-10-15-6-2-3-7-16(15)12-17)21(28)26(22(29)25-23)13-18(27)14-30-20-9-5-4-8-19(20)24/h2-12,18,27H,13-14H2,1H3,(H,25,29)/t18-,23-/m1/s1. The van der Waals surface area contributed by atoms with Gasteiger partial charge in [-0.15, -0.1) is 0 Å². The Kier molecular flexibility index (Phi) is 5.13. The molecule has 1 fully saturated rings. The lowest BCUT2D eigenvalue weighted by molar-refractivity contribution is -0.132. The summed E-state index contributed by atoms with van der Waals surface area (Å²) in [6, 6.07) is 18.5. The van der Waals surface area contributed by atoms with E-state index in [-0.39, 0.29) is 18.9 Å². The van der Waals surface area contributed by atoms with Crippen LogP contribution in [0.5, 0.6) is 5.75 Å². The van der Waals surface area contributed by atoms with E-state index in [0.717, 1.165) is 15.7 Å². The lowest BCUT2D eigenvalue weighted by Crippen LogP contribution is -2.42. The van der Waals surface area contributed by atoms with Crippen LogP contribution in [0.3, 0.4) is 0 Å². The lowest BCUT2D eigenvalue weighted by Gasteiger charge is -2.23. The smallest absolute Gasteiger partial charge is 0.325 e. The SMILES string of the molecule is C[C@]1(c2ccc3ccccc3c2)NC(=O)N(C[C@@H](O)COc2ccccc2F)C1=O. The predicted molar refractivity (Wildman–Crippen MR) is 109 cm³/mol. The highest BCUT2D eigenvalue weighted by atomic mass is 19.1. The number of β-amino-alcohol motifs (C(OH)–C–C–N with tert-alkyl or cyclic N) is 1. The third-order valence-electron chi connectivity index (χ3n) is 5.26. The minimum Gasteiger partial charge on any atom is -0.488 e. The van der Waals surface area contributed by atoms with Gasteiger partial charge in [0.05, 0.1) is 6.54 Å². The van der Waals surface area contributed by atoms with Crippen molar-refractivity contribution in [2.24, 2.45) is 0 Å². The van der Waals surface area contributed by atoms with E-state index in [4.69, 9.17) is 4.74 Å². The average Bonchev–Trinajstić information content (AvgIpc) is 2.96. The Balaban J connectivity index is 1.48. The predicted octanol–water partition coefficient (Wildman–Crippen LogP) is 3.19. The molecule has 0 saturated carbocycles. The Morgan fingerprint density at radius 3 is 2.53 bits per heavy atom. The summed E-state index contributed by atoms with van der Waals surface area (Å²) in [5.41, 5.74) is -0.591. The van der Waals surface area contributed by atoms with Crippen LogP contribution < -0.4 is 10.1 Å². The molecule has 2 atom stereocenters. The summed E-state index contributed by atoms with van der Waals surface area (Å²) in [4.78, 5) is 26.5.